The predicted molar refractivity (Wildman–Crippen MR) is 76.7 cm³/mol. The van der Waals surface area contributed by atoms with Crippen molar-refractivity contribution >= 4 is 21.6 Å². The molecule has 19 heavy (non-hydrogen) atoms. The van der Waals surface area contributed by atoms with E-state index in [2.05, 4.69) is 9.71 Å². The average molecular weight is 306 g/mol. The number of halogens is 1. The van der Waals surface area contributed by atoms with Crippen LogP contribution in [0, 0.1) is 5.92 Å². The Kier molecular flexibility index (Phi) is 5.73. The van der Waals surface area contributed by atoms with Crippen LogP contribution < -0.4 is 4.72 Å². The molecule has 0 fully saturated rings. The van der Waals surface area contributed by atoms with Crippen LogP contribution in [-0.4, -0.2) is 45.0 Å². The van der Waals surface area contributed by atoms with E-state index in [1.54, 1.807) is 0 Å². The van der Waals surface area contributed by atoms with Crippen molar-refractivity contribution in [3.05, 3.63) is 23.5 Å². The van der Waals surface area contributed by atoms with Crippen LogP contribution in [0.4, 0.5) is 0 Å². The molecule has 0 spiro atoms. The van der Waals surface area contributed by atoms with Gasteiger partial charge >= 0.3 is 0 Å². The van der Waals surface area contributed by atoms with Crippen LogP contribution >= 0.6 is 11.6 Å². The summed E-state index contributed by atoms with van der Waals surface area (Å²) in [6, 6.07) is 1.28. The van der Waals surface area contributed by atoms with E-state index in [1.807, 2.05) is 32.8 Å². The second kappa shape index (κ2) is 6.65. The van der Waals surface area contributed by atoms with Gasteiger partial charge in [0.25, 0.3) is 0 Å². The molecule has 1 heterocycles. The molecular formula is C12H20ClN3O2S. The third-order valence-electron chi connectivity index (χ3n) is 2.70. The number of pyridine rings is 1. The number of aromatic nitrogens is 1. The molecular weight excluding hydrogens is 286 g/mol. The van der Waals surface area contributed by atoms with Gasteiger partial charge in [-0.1, -0.05) is 25.4 Å². The topological polar surface area (TPSA) is 62.3 Å². The summed E-state index contributed by atoms with van der Waals surface area (Å²) in [5, 5.41) is 0.176. The predicted octanol–water partition coefficient (Wildman–Crippen LogP) is 1.60. The Bertz CT molecular complexity index is 517. The number of rotatable bonds is 6. The van der Waals surface area contributed by atoms with Crippen LogP contribution in [0.1, 0.15) is 13.8 Å². The van der Waals surface area contributed by atoms with E-state index in [9.17, 15) is 8.42 Å². The fourth-order valence-electron chi connectivity index (χ4n) is 1.60. The van der Waals surface area contributed by atoms with Crippen molar-refractivity contribution in [2.75, 3.05) is 20.6 Å². The maximum Gasteiger partial charge on any atom is 0.243 e. The van der Waals surface area contributed by atoms with Crippen LogP contribution in [0.25, 0.3) is 0 Å². The molecule has 108 valence electrons. The molecule has 0 bridgehead atoms. The molecule has 7 heteroatoms. The van der Waals surface area contributed by atoms with Crippen LogP contribution in [0.5, 0.6) is 0 Å². The molecule has 1 aromatic heterocycles. The maximum atomic E-state index is 12.3. The summed E-state index contributed by atoms with van der Waals surface area (Å²) in [5.41, 5.74) is 0. The summed E-state index contributed by atoms with van der Waals surface area (Å²) < 4.78 is 27.3. The van der Waals surface area contributed by atoms with Crippen LogP contribution in [0.3, 0.4) is 0 Å². The Labute approximate surface area is 120 Å². The zero-order valence-corrected chi connectivity index (χ0v) is 13.2. The fourth-order valence-corrected chi connectivity index (χ4v) is 3.41. The fraction of sp³-hybridized carbons (Fsp3) is 0.583. The average Bonchev–Trinajstić information content (AvgIpc) is 2.27. The number of nitrogens with one attached hydrogen (secondary N) is 1. The van der Waals surface area contributed by atoms with Gasteiger partial charge in [-0.2, -0.15) is 0 Å². The van der Waals surface area contributed by atoms with E-state index in [-0.39, 0.29) is 21.9 Å². The number of hydrogen-bond acceptors (Lipinski definition) is 4. The van der Waals surface area contributed by atoms with Crippen LogP contribution in [-0.2, 0) is 10.0 Å². The van der Waals surface area contributed by atoms with Crippen molar-refractivity contribution in [3.63, 3.8) is 0 Å². The van der Waals surface area contributed by atoms with Crippen molar-refractivity contribution in [2.24, 2.45) is 5.92 Å². The lowest BCUT2D eigenvalue weighted by molar-refractivity contribution is 0.314. The third kappa shape index (κ3) is 4.72. The van der Waals surface area contributed by atoms with Gasteiger partial charge in [-0.25, -0.2) is 13.1 Å². The minimum atomic E-state index is -3.65. The number of nitrogens with zero attached hydrogens (tertiary/aromatic N) is 2. The highest BCUT2D eigenvalue weighted by Crippen LogP contribution is 2.20. The van der Waals surface area contributed by atoms with Gasteiger partial charge in [0.15, 0.2) is 0 Å². The summed E-state index contributed by atoms with van der Waals surface area (Å²) in [5.74, 6) is 0.174. The molecule has 1 unspecified atom stereocenters. The van der Waals surface area contributed by atoms with E-state index in [4.69, 9.17) is 11.6 Å². The quantitative estimate of drug-likeness (QED) is 0.867. The summed E-state index contributed by atoms with van der Waals surface area (Å²) in [7, 11) is 0.155. The molecule has 0 saturated carbocycles. The highest BCUT2D eigenvalue weighted by Gasteiger charge is 2.24. The Hall–Kier alpha value is -0.690. The number of sulfonamides is 1. The first-order chi connectivity index (χ1) is 8.74. The molecule has 5 nitrogen and oxygen atoms in total. The second-order valence-corrected chi connectivity index (χ2v) is 7.13. The molecule has 1 atom stereocenters. The Morgan fingerprint density at radius 2 is 2.05 bits per heavy atom. The van der Waals surface area contributed by atoms with Crippen molar-refractivity contribution in [3.8, 4) is 0 Å². The first-order valence-corrected chi connectivity index (χ1v) is 7.86. The van der Waals surface area contributed by atoms with Gasteiger partial charge in [-0.3, -0.25) is 4.98 Å². The highest BCUT2D eigenvalue weighted by molar-refractivity contribution is 7.89. The first kappa shape index (κ1) is 16.4. The summed E-state index contributed by atoms with van der Waals surface area (Å²) in [4.78, 5) is 5.77. The van der Waals surface area contributed by atoms with Crippen molar-refractivity contribution in [1.29, 1.82) is 0 Å². The minimum Gasteiger partial charge on any atom is -0.308 e. The molecule has 0 aromatic carbocycles. The third-order valence-corrected chi connectivity index (χ3v) is 4.66. The van der Waals surface area contributed by atoms with Gasteiger partial charge in [-0.15, -0.1) is 0 Å². The molecule has 1 aromatic rings. The SMILES string of the molecule is CC(C)C(CN(C)C)NS(=O)(=O)c1cnccc1Cl. The van der Waals surface area contributed by atoms with Gasteiger partial charge in [0, 0.05) is 25.0 Å². The van der Waals surface area contributed by atoms with Gasteiger partial charge in [-0.05, 0) is 26.1 Å². The smallest absolute Gasteiger partial charge is 0.243 e. The Morgan fingerprint density at radius 3 is 2.53 bits per heavy atom. The molecule has 0 aliphatic carbocycles. The Balaban J connectivity index is 2.98. The highest BCUT2D eigenvalue weighted by atomic mass is 35.5. The molecule has 1 rings (SSSR count). The van der Waals surface area contributed by atoms with E-state index >= 15 is 0 Å². The van der Waals surface area contributed by atoms with Crippen molar-refractivity contribution in [1.82, 2.24) is 14.6 Å². The van der Waals surface area contributed by atoms with E-state index in [0.29, 0.717) is 6.54 Å². The first-order valence-electron chi connectivity index (χ1n) is 6.00. The molecule has 0 amide bonds. The van der Waals surface area contributed by atoms with Gasteiger partial charge in [0.05, 0.1) is 5.02 Å². The standard InChI is InChI=1S/C12H20ClN3O2S/c1-9(2)11(8-16(3)4)15-19(17,18)12-7-14-6-5-10(12)13/h5-7,9,11,15H,8H2,1-4H3. The van der Waals surface area contributed by atoms with Crippen molar-refractivity contribution in [2.45, 2.75) is 24.8 Å². The molecule has 0 aliphatic heterocycles. The van der Waals surface area contributed by atoms with Gasteiger partial charge in [0.1, 0.15) is 4.90 Å². The molecule has 0 saturated heterocycles. The lowest BCUT2D eigenvalue weighted by Gasteiger charge is -2.25. The van der Waals surface area contributed by atoms with Crippen LogP contribution in [0.15, 0.2) is 23.4 Å². The minimum absolute atomic E-state index is 0.0149. The lowest BCUT2D eigenvalue weighted by Crippen LogP contribution is -2.44. The zero-order valence-electron chi connectivity index (χ0n) is 11.6. The van der Waals surface area contributed by atoms with E-state index in [1.165, 1.54) is 18.5 Å². The molecule has 0 radical (unpaired) electrons. The van der Waals surface area contributed by atoms with E-state index < -0.39 is 10.0 Å². The number of likely N-dealkylation sites (N-methyl/N-ethyl adjacent to an activating group) is 1. The summed E-state index contributed by atoms with van der Waals surface area (Å²) >= 11 is 5.91. The zero-order chi connectivity index (χ0) is 14.6. The van der Waals surface area contributed by atoms with E-state index in [0.717, 1.165) is 0 Å². The number of hydrogen-bond donors (Lipinski definition) is 1. The Morgan fingerprint density at radius 1 is 1.42 bits per heavy atom. The molecule has 0 aliphatic rings. The normalized spacial score (nSPS) is 14.1. The monoisotopic (exact) mass is 305 g/mol. The van der Waals surface area contributed by atoms with Crippen LogP contribution in [0.2, 0.25) is 5.02 Å². The van der Waals surface area contributed by atoms with Crippen molar-refractivity contribution < 1.29 is 8.42 Å². The molecule has 1 N–H and O–H groups in total. The van der Waals surface area contributed by atoms with Gasteiger partial charge in [0.2, 0.25) is 10.0 Å². The maximum absolute atomic E-state index is 12.3. The lowest BCUT2D eigenvalue weighted by atomic mass is 10.1. The van der Waals surface area contributed by atoms with Gasteiger partial charge < -0.3 is 4.90 Å². The second-order valence-electron chi connectivity index (χ2n) is 5.04. The summed E-state index contributed by atoms with van der Waals surface area (Å²) in [6.45, 7) is 4.57. The largest absolute Gasteiger partial charge is 0.308 e. The summed E-state index contributed by atoms with van der Waals surface area (Å²) in [6.07, 6.45) is 2.72.